The topological polar surface area (TPSA) is 182 Å². The molecule has 0 spiro atoms. The van der Waals surface area contributed by atoms with Crippen LogP contribution < -0.4 is 30.6 Å². The summed E-state index contributed by atoms with van der Waals surface area (Å²) in [6, 6.07) is 10.1. The number of aromatic nitrogens is 3. The fourth-order valence-corrected chi connectivity index (χ4v) is 5.76. The number of nitrogens with one attached hydrogen (secondary N) is 2. The number of piperidine rings is 1. The van der Waals surface area contributed by atoms with Crippen LogP contribution in [-0.2, 0) is 20.9 Å². The van der Waals surface area contributed by atoms with Gasteiger partial charge in [-0.05, 0) is 48.9 Å². The Morgan fingerprint density at radius 1 is 1.04 bits per heavy atom. The maximum absolute atomic E-state index is 13.6. The monoisotopic (exact) mass is 701 g/mol. The number of halogens is 1. The average molecular weight is 702 g/mol. The highest BCUT2D eigenvalue weighted by Gasteiger charge is 2.44. The van der Waals surface area contributed by atoms with E-state index in [9.17, 15) is 28.8 Å². The van der Waals surface area contributed by atoms with E-state index in [2.05, 4.69) is 20.6 Å². The van der Waals surface area contributed by atoms with Crippen LogP contribution in [0.15, 0.2) is 53.5 Å². The molecule has 1 fully saturated rings. The van der Waals surface area contributed by atoms with Gasteiger partial charge in [0.2, 0.25) is 17.8 Å². The van der Waals surface area contributed by atoms with Crippen LogP contribution in [-0.4, -0.2) is 82.2 Å². The SMILES string of the molecule is CCC(=O)COc1cc2cc(Nc3nc(N(C)C)ncc3Cl)ccc2n(CCOc2ccc3c(c2)C(=O)N(C2CCC(=O)NC2=O)C3=O)c1=O. The average Bonchev–Trinajstić information content (AvgIpc) is 3.33. The van der Waals surface area contributed by atoms with Crippen molar-refractivity contribution in [3.63, 3.8) is 0 Å². The Morgan fingerprint density at radius 2 is 1.82 bits per heavy atom. The molecular weight excluding hydrogens is 670 g/mol. The fourth-order valence-electron chi connectivity index (χ4n) is 5.62. The second-order valence-electron chi connectivity index (χ2n) is 11.8. The molecule has 0 radical (unpaired) electrons. The highest BCUT2D eigenvalue weighted by molar-refractivity contribution is 6.33. The van der Waals surface area contributed by atoms with Gasteiger partial charge in [-0.25, -0.2) is 4.98 Å². The number of ketones is 1. The number of rotatable bonds is 12. The number of carbonyl (C=O) groups is 5. The van der Waals surface area contributed by atoms with Gasteiger partial charge in [0.15, 0.2) is 17.4 Å². The van der Waals surface area contributed by atoms with Crippen LogP contribution in [0.5, 0.6) is 11.5 Å². The Labute approximate surface area is 290 Å². The summed E-state index contributed by atoms with van der Waals surface area (Å²) in [4.78, 5) is 87.1. The van der Waals surface area contributed by atoms with Crippen LogP contribution in [0.4, 0.5) is 17.5 Å². The van der Waals surface area contributed by atoms with Gasteiger partial charge in [0.25, 0.3) is 17.4 Å². The predicted molar refractivity (Wildman–Crippen MR) is 182 cm³/mol. The number of ether oxygens (including phenoxy) is 2. The fraction of sp³-hybridized carbons (Fsp3) is 0.294. The molecule has 4 aromatic rings. The number of Topliss-reactive ketones (excluding diaryl/α,β-unsaturated/α-hetero) is 1. The summed E-state index contributed by atoms with van der Waals surface area (Å²) in [6.07, 6.45) is 1.79. The molecule has 1 atom stereocenters. The lowest BCUT2D eigenvalue weighted by atomic mass is 10.0. The van der Waals surface area contributed by atoms with Crippen LogP contribution in [0, 0.1) is 0 Å². The molecule has 4 amide bonds. The van der Waals surface area contributed by atoms with E-state index in [0.29, 0.717) is 33.4 Å². The van der Waals surface area contributed by atoms with Gasteiger partial charge in [-0.15, -0.1) is 0 Å². The number of benzene rings is 2. The van der Waals surface area contributed by atoms with Crippen LogP contribution >= 0.6 is 11.6 Å². The minimum Gasteiger partial charge on any atom is -0.492 e. The van der Waals surface area contributed by atoms with Crippen LogP contribution in [0.2, 0.25) is 5.02 Å². The highest BCUT2D eigenvalue weighted by atomic mass is 35.5. The first kappa shape index (κ1) is 34.0. The summed E-state index contributed by atoms with van der Waals surface area (Å²) in [5.74, 6) is -1.55. The van der Waals surface area contributed by atoms with Crippen molar-refractivity contribution in [2.75, 3.05) is 37.5 Å². The lowest BCUT2D eigenvalue weighted by Crippen LogP contribution is -2.54. The third-order valence-electron chi connectivity index (χ3n) is 8.23. The van der Waals surface area contributed by atoms with E-state index in [0.717, 1.165) is 4.90 Å². The number of hydrogen-bond donors (Lipinski definition) is 2. The largest absolute Gasteiger partial charge is 0.492 e. The number of carbonyl (C=O) groups excluding carboxylic acids is 5. The Kier molecular flexibility index (Phi) is 9.50. The van der Waals surface area contributed by atoms with Gasteiger partial charge in [-0.1, -0.05) is 18.5 Å². The van der Waals surface area contributed by atoms with Gasteiger partial charge in [-0.3, -0.25) is 39.0 Å². The molecule has 0 aliphatic carbocycles. The second-order valence-corrected chi connectivity index (χ2v) is 12.2. The number of hydrogen-bond acceptors (Lipinski definition) is 12. The van der Waals surface area contributed by atoms with Crippen LogP contribution in [0.1, 0.15) is 46.9 Å². The molecule has 0 bridgehead atoms. The van der Waals surface area contributed by atoms with Crippen molar-refractivity contribution in [3.05, 3.63) is 75.2 Å². The number of fused-ring (bicyclic) bond motifs is 2. The minimum absolute atomic E-state index is 0.0130. The molecule has 1 unspecified atom stereocenters. The van der Waals surface area contributed by atoms with E-state index in [1.54, 1.807) is 50.2 Å². The number of nitrogens with zero attached hydrogens (tertiary/aromatic N) is 5. The van der Waals surface area contributed by atoms with Crippen molar-refractivity contribution >= 4 is 69.4 Å². The van der Waals surface area contributed by atoms with E-state index in [-0.39, 0.29) is 67.4 Å². The highest BCUT2D eigenvalue weighted by Crippen LogP contribution is 2.31. The number of pyridine rings is 1. The standard InChI is InChI=1S/C34H32ClN7O8/c1-4-20(43)17-50-27-14-18-13-19(37-29-24(35)16-36-34(39-29)40(2)3)5-8-25(18)41(33(27)48)11-12-49-21-6-7-22-23(15-21)32(47)42(31(22)46)26-9-10-28(44)38-30(26)45/h5-8,13-16,26H,4,9-12,17H2,1-3H3,(H,36,37,39)(H,38,44,45). The molecule has 2 aliphatic heterocycles. The maximum atomic E-state index is 13.6. The zero-order valence-electron chi connectivity index (χ0n) is 27.3. The second kappa shape index (κ2) is 14.0. The minimum atomic E-state index is -1.09. The first-order valence-electron chi connectivity index (χ1n) is 15.7. The van der Waals surface area contributed by atoms with Crippen LogP contribution in [0.25, 0.3) is 10.9 Å². The molecule has 15 nitrogen and oxygen atoms in total. The molecule has 0 saturated carbocycles. The normalized spacial score (nSPS) is 15.6. The third kappa shape index (κ3) is 6.72. The molecule has 258 valence electrons. The van der Waals surface area contributed by atoms with E-state index >= 15 is 0 Å². The molecule has 2 aromatic heterocycles. The molecule has 2 N–H and O–H groups in total. The van der Waals surface area contributed by atoms with Crippen molar-refractivity contribution in [2.45, 2.75) is 38.8 Å². The van der Waals surface area contributed by atoms with Gasteiger partial charge in [0.1, 0.15) is 30.0 Å². The molecule has 2 aromatic carbocycles. The van der Waals surface area contributed by atoms with E-state index in [1.165, 1.54) is 29.0 Å². The van der Waals surface area contributed by atoms with E-state index < -0.39 is 35.2 Å². The Hall–Kier alpha value is -5.83. The van der Waals surface area contributed by atoms with Gasteiger partial charge < -0.3 is 24.3 Å². The van der Waals surface area contributed by atoms with Crippen molar-refractivity contribution in [1.82, 2.24) is 24.8 Å². The molecule has 50 heavy (non-hydrogen) atoms. The zero-order chi connectivity index (χ0) is 35.7. The molecule has 6 rings (SSSR count). The third-order valence-corrected chi connectivity index (χ3v) is 8.51. The molecule has 2 aliphatic rings. The first-order valence-corrected chi connectivity index (χ1v) is 16.1. The maximum Gasteiger partial charge on any atom is 0.293 e. The van der Waals surface area contributed by atoms with Crippen molar-refractivity contribution in [1.29, 1.82) is 0 Å². The lowest BCUT2D eigenvalue weighted by Gasteiger charge is -2.27. The summed E-state index contributed by atoms with van der Waals surface area (Å²) >= 11 is 6.35. The molecule has 4 heterocycles. The lowest BCUT2D eigenvalue weighted by molar-refractivity contribution is -0.136. The predicted octanol–water partition coefficient (Wildman–Crippen LogP) is 3.09. The van der Waals surface area contributed by atoms with Crippen molar-refractivity contribution in [3.8, 4) is 11.5 Å². The van der Waals surface area contributed by atoms with Gasteiger partial charge in [0.05, 0.1) is 29.4 Å². The smallest absolute Gasteiger partial charge is 0.293 e. The summed E-state index contributed by atoms with van der Waals surface area (Å²) in [5, 5.41) is 6.27. The van der Waals surface area contributed by atoms with Crippen LogP contribution in [0.3, 0.4) is 0 Å². The zero-order valence-corrected chi connectivity index (χ0v) is 28.1. The van der Waals surface area contributed by atoms with E-state index in [4.69, 9.17) is 21.1 Å². The quantitative estimate of drug-likeness (QED) is 0.206. The Morgan fingerprint density at radius 3 is 2.56 bits per heavy atom. The Balaban J connectivity index is 1.24. The van der Waals surface area contributed by atoms with E-state index in [1.807, 2.05) is 0 Å². The summed E-state index contributed by atoms with van der Waals surface area (Å²) < 4.78 is 13.0. The molecular formula is C34H32ClN7O8. The number of imide groups is 2. The first-order chi connectivity index (χ1) is 23.9. The van der Waals surface area contributed by atoms with Gasteiger partial charge in [0, 0.05) is 38.0 Å². The Bertz CT molecular complexity index is 2130. The van der Waals surface area contributed by atoms with Crippen molar-refractivity contribution < 1.29 is 33.4 Å². The van der Waals surface area contributed by atoms with Crippen molar-refractivity contribution in [2.24, 2.45) is 0 Å². The van der Waals surface area contributed by atoms with Gasteiger partial charge >= 0.3 is 0 Å². The number of amides is 4. The number of anilines is 3. The summed E-state index contributed by atoms with van der Waals surface area (Å²) in [6.45, 7) is 1.47. The molecule has 16 heteroatoms. The summed E-state index contributed by atoms with van der Waals surface area (Å²) in [5.41, 5.74) is 0.873. The summed E-state index contributed by atoms with van der Waals surface area (Å²) in [7, 11) is 3.61. The van der Waals surface area contributed by atoms with Gasteiger partial charge in [-0.2, -0.15) is 4.98 Å². The molecule has 1 saturated heterocycles.